The number of rotatable bonds is 16. The van der Waals surface area contributed by atoms with Gasteiger partial charge in [-0.05, 0) is 38.2 Å². The van der Waals surface area contributed by atoms with E-state index in [-0.39, 0.29) is 37.8 Å². The van der Waals surface area contributed by atoms with Crippen LogP contribution in [0.2, 0.25) is 0 Å². The van der Waals surface area contributed by atoms with Gasteiger partial charge in [-0.2, -0.15) is 0 Å². The molecule has 4 atom stereocenters. The lowest BCUT2D eigenvalue weighted by Crippen LogP contribution is -2.56. The van der Waals surface area contributed by atoms with Gasteiger partial charge in [0.2, 0.25) is 29.5 Å². The molecule has 236 valence electrons. The summed E-state index contributed by atoms with van der Waals surface area (Å²) in [5.74, 6) is -4.40. The average molecular weight is 604 g/mol. The molecule has 11 N–H and O–H groups in total. The number of carbonyl (C=O) groups excluding carboxylic acids is 5. The number of benzene rings is 1. The van der Waals surface area contributed by atoms with Crippen LogP contribution in [0.4, 0.5) is 0 Å². The Morgan fingerprint density at radius 3 is 2.35 bits per heavy atom. The third-order valence-electron chi connectivity index (χ3n) is 6.72. The number of hydrogen-bond acceptors (Lipinski definition) is 8. The minimum Gasteiger partial charge on any atom is -0.480 e. The summed E-state index contributed by atoms with van der Waals surface area (Å²) in [6, 6.07) is 4.50. The highest BCUT2D eigenvalue weighted by molar-refractivity contribution is 5.95. The molecular weight excluding hydrogens is 562 g/mol. The molecule has 0 radical (unpaired) electrons. The standard InChI is InChI=1S/C27H41N9O7/c1-16(23(39)35-19(26(42)43)13-17-7-3-2-4-8-17)33-24(40)18(9-5-11-31-27(29)30)34-21(37)15-32-25(41)20-10-6-12-36(20)22(38)14-28/h2-4,7-8,16,18-20H,5-6,9-15,28H2,1H3,(H,32,41)(H,33,40)(H,34,37)(H,35,39)(H,42,43)(H4,29,30,31). The number of likely N-dealkylation sites (tertiary alicyclic amines) is 1. The molecule has 2 rings (SSSR count). The summed E-state index contributed by atoms with van der Waals surface area (Å²) in [5, 5.41) is 19.5. The van der Waals surface area contributed by atoms with E-state index in [1.165, 1.54) is 11.8 Å². The number of carboxylic acid groups (broad SMARTS) is 1. The lowest BCUT2D eigenvalue weighted by molar-refractivity contribution is -0.142. The number of aliphatic imine (C=N–C) groups is 1. The first-order valence-corrected chi connectivity index (χ1v) is 13.9. The van der Waals surface area contributed by atoms with Crippen LogP contribution in [-0.2, 0) is 35.2 Å². The molecule has 0 aromatic heterocycles. The molecule has 16 heteroatoms. The second-order valence-electron chi connectivity index (χ2n) is 10.1. The van der Waals surface area contributed by atoms with Crippen LogP contribution in [0.3, 0.4) is 0 Å². The van der Waals surface area contributed by atoms with E-state index in [1.807, 2.05) is 0 Å². The van der Waals surface area contributed by atoms with Gasteiger partial charge in [-0.1, -0.05) is 30.3 Å². The number of aliphatic carboxylic acids is 1. The molecule has 1 heterocycles. The van der Waals surface area contributed by atoms with Gasteiger partial charge in [0.05, 0.1) is 13.1 Å². The van der Waals surface area contributed by atoms with E-state index in [0.29, 0.717) is 31.4 Å². The molecule has 5 amide bonds. The van der Waals surface area contributed by atoms with Crippen molar-refractivity contribution < 1.29 is 33.9 Å². The largest absolute Gasteiger partial charge is 0.480 e. The second kappa shape index (κ2) is 17.3. The zero-order chi connectivity index (χ0) is 31.9. The molecule has 1 saturated heterocycles. The predicted octanol–water partition coefficient (Wildman–Crippen LogP) is -3.09. The number of nitrogens with two attached hydrogens (primary N) is 3. The Balaban J connectivity index is 1.99. The van der Waals surface area contributed by atoms with Crippen molar-refractivity contribution in [2.75, 3.05) is 26.2 Å². The predicted molar refractivity (Wildman–Crippen MR) is 156 cm³/mol. The fourth-order valence-corrected chi connectivity index (χ4v) is 4.48. The van der Waals surface area contributed by atoms with Crippen LogP contribution in [0.15, 0.2) is 35.3 Å². The number of carbonyl (C=O) groups is 6. The first-order valence-electron chi connectivity index (χ1n) is 13.9. The van der Waals surface area contributed by atoms with Crippen molar-refractivity contribution in [3.05, 3.63) is 35.9 Å². The van der Waals surface area contributed by atoms with Crippen molar-refractivity contribution >= 4 is 41.5 Å². The lowest BCUT2D eigenvalue weighted by atomic mass is 10.1. The molecule has 16 nitrogen and oxygen atoms in total. The number of nitrogens with one attached hydrogen (secondary N) is 4. The van der Waals surface area contributed by atoms with Crippen molar-refractivity contribution in [3.63, 3.8) is 0 Å². The number of nitrogens with zero attached hydrogens (tertiary/aromatic N) is 2. The summed E-state index contributed by atoms with van der Waals surface area (Å²) in [6.45, 7) is 1.24. The number of guanidine groups is 1. The van der Waals surface area contributed by atoms with Crippen LogP contribution in [0, 0.1) is 0 Å². The third-order valence-corrected chi connectivity index (χ3v) is 6.72. The molecule has 1 aliphatic heterocycles. The molecule has 43 heavy (non-hydrogen) atoms. The maximum Gasteiger partial charge on any atom is 0.326 e. The molecule has 1 aromatic rings. The minimum absolute atomic E-state index is 0.0385. The van der Waals surface area contributed by atoms with Crippen molar-refractivity contribution in [1.29, 1.82) is 0 Å². The summed E-state index contributed by atoms with van der Waals surface area (Å²) in [7, 11) is 0. The van der Waals surface area contributed by atoms with Crippen LogP contribution in [-0.4, -0.2) is 102 Å². The summed E-state index contributed by atoms with van der Waals surface area (Å²) in [5.41, 5.74) is 16.8. The topological polar surface area (TPSA) is 264 Å². The Bertz CT molecular complexity index is 1170. The van der Waals surface area contributed by atoms with Gasteiger partial charge >= 0.3 is 5.97 Å². The Kier molecular flexibility index (Phi) is 13.9. The van der Waals surface area contributed by atoms with Crippen LogP contribution in [0.25, 0.3) is 0 Å². The van der Waals surface area contributed by atoms with Crippen LogP contribution in [0.1, 0.15) is 38.2 Å². The van der Waals surface area contributed by atoms with Gasteiger partial charge in [-0.25, -0.2) is 4.79 Å². The number of amides is 5. The molecule has 0 saturated carbocycles. The Labute approximate surface area is 249 Å². The van der Waals surface area contributed by atoms with Gasteiger partial charge in [0.25, 0.3) is 0 Å². The highest BCUT2D eigenvalue weighted by atomic mass is 16.4. The lowest BCUT2D eigenvalue weighted by Gasteiger charge is -2.24. The normalized spacial score (nSPS) is 16.2. The second-order valence-corrected chi connectivity index (χ2v) is 10.1. The SMILES string of the molecule is CC(NC(=O)C(CCCN=C(N)N)NC(=O)CNC(=O)C1CCCN1C(=O)CN)C(=O)NC(Cc1ccccc1)C(=O)O. The van der Waals surface area contributed by atoms with Crippen molar-refractivity contribution in [2.45, 2.75) is 63.2 Å². The maximum atomic E-state index is 13.1. The first kappa shape index (κ1) is 34.5. The van der Waals surface area contributed by atoms with Crippen LogP contribution in [0.5, 0.6) is 0 Å². The van der Waals surface area contributed by atoms with Crippen molar-refractivity contribution in [1.82, 2.24) is 26.2 Å². The monoisotopic (exact) mass is 603 g/mol. The Morgan fingerprint density at radius 2 is 1.72 bits per heavy atom. The highest BCUT2D eigenvalue weighted by Crippen LogP contribution is 2.17. The van der Waals surface area contributed by atoms with E-state index in [2.05, 4.69) is 26.3 Å². The van der Waals surface area contributed by atoms with Crippen molar-refractivity contribution in [2.24, 2.45) is 22.2 Å². The molecule has 0 bridgehead atoms. The van der Waals surface area contributed by atoms with E-state index < -0.39 is 60.3 Å². The number of carboxylic acids is 1. The van der Waals surface area contributed by atoms with E-state index in [0.717, 1.165) is 0 Å². The van der Waals surface area contributed by atoms with Gasteiger partial charge in [0, 0.05) is 19.5 Å². The summed E-state index contributed by atoms with van der Waals surface area (Å²) in [6.07, 6.45) is 1.47. The van der Waals surface area contributed by atoms with E-state index in [4.69, 9.17) is 17.2 Å². The van der Waals surface area contributed by atoms with E-state index in [1.54, 1.807) is 30.3 Å². The summed E-state index contributed by atoms with van der Waals surface area (Å²) < 4.78 is 0. The molecular formula is C27H41N9O7. The average Bonchev–Trinajstić information content (AvgIpc) is 3.47. The maximum absolute atomic E-state index is 13.1. The zero-order valence-corrected chi connectivity index (χ0v) is 24.1. The Hall–Kier alpha value is -4.73. The fourth-order valence-electron chi connectivity index (χ4n) is 4.48. The van der Waals surface area contributed by atoms with Crippen LogP contribution < -0.4 is 38.5 Å². The molecule has 0 spiro atoms. The molecule has 1 fully saturated rings. The molecule has 0 aliphatic carbocycles. The smallest absolute Gasteiger partial charge is 0.326 e. The highest BCUT2D eigenvalue weighted by Gasteiger charge is 2.34. The van der Waals surface area contributed by atoms with Gasteiger partial charge in [0.1, 0.15) is 24.2 Å². The summed E-state index contributed by atoms with van der Waals surface area (Å²) in [4.78, 5) is 80.1. The van der Waals surface area contributed by atoms with E-state index in [9.17, 15) is 33.9 Å². The quantitative estimate of drug-likeness (QED) is 0.0536. The molecule has 1 aliphatic rings. The fraction of sp³-hybridized carbons (Fsp3) is 0.519. The van der Waals surface area contributed by atoms with Gasteiger partial charge in [0.15, 0.2) is 5.96 Å². The molecule has 4 unspecified atom stereocenters. The van der Waals surface area contributed by atoms with Crippen LogP contribution >= 0.6 is 0 Å². The van der Waals surface area contributed by atoms with E-state index >= 15 is 0 Å². The minimum atomic E-state index is -1.24. The first-order chi connectivity index (χ1) is 20.4. The number of hydrogen-bond donors (Lipinski definition) is 8. The third kappa shape index (κ3) is 11.6. The zero-order valence-electron chi connectivity index (χ0n) is 24.1. The van der Waals surface area contributed by atoms with Gasteiger partial charge < -0.3 is 48.5 Å². The van der Waals surface area contributed by atoms with Gasteiger partial charge in [-0.15, -0.1) is 0 Å². The molecule has 1 aromatic carbocycles. The Morgan fingerprint density at radius 1 is 1.02 bits per heavy atom. The van der Waals surface area contributed by atoms with Gasteiger partial charge in [-0.3, -0.25) is 29.0 Å². The summed E-state index contributed by atoms with van der Waals surface area (Å²) >= 11 is 0. The van der Waals surface area contributed by atoms with Crippen molar-refractivity contribution in [3.8, 4) is 0 Å².